The summed E-state index contributed by atoms with van der Waals surface area (Å²) in [6.45, 7) is 4.12. The van der Waals surface area contributed by atoms with Crippen LogP contribution in [0.2, 0.25) is 0 Å². The Bertz CT molecular complexity index is 767. The fraction of sp³-hybridized carbons (Fsp3) is 0.286. The van der Waals surface area contributed by atoms with Gasteiger partial charge in [0.2, 0.25) is 5.95 Å². The zero-order chi connectivity index (χ0) is 14.8. The second-order valence-electron chi connectivity index (χ2n) is 4.53. The molecule has 0 aromatic carbocycles. The first kappa shape index (κ1) is 14.2. The zero-order valence-electron chi connectivity index (χ0n) is 12.0. The largest absolute Gasteiger partial charge is 0.357 e. The predicted octanol–water partition coefficient (Wildman–Crippen LogP) is 3.55. The van der Waals surface area contributed by atoms with Crippen molar-refractivity contribution >= 4 is 39.3 Å². The number of thiophene rings is 1. The summed E-state index contributed by atoms with van der Waals surface area (Å²) in [6, 6.07) is 2.16. The Morgan fingerprint density at radius 2 is 2.00 bits per heavy atom. The molecule has 108 valence electrons. The molecule has 3 heterocycles. The molecule has 0 atom stereocenters. The van der Waals surface area contributed by atoms with Crippen LogP contribution in [0.25, 0.3) is 10.2 Å². The van der Waals surface area contributed by atoms with Crippen molar-refractivity contribution in [2.75, 3.05) is 12.4 Å². The Labute approximate surface area is 131 Å². The maximum absolute atomic E-state index is 4.55. The molecule has 21 heavy (non-hydrogen) atoms. The van der Waals surface area contributed by atoms with Crippen molar-refractivity contribution in [3.63, 3.8) is 0 Å². The molecule has 7 heteroatoms. The Kier molecular flexibility index (Phi) is 4.03. The molecule has 0 radical (unpaired) electrons. The van der Waals surface area contributed by atoms with E-state index < -0.39 is 0 Å². The van der Waals surface area contributed by atoms with E-state index in [-0.39, 0.29) is 0 Å². The Balaban J connectivity index is 2.06. The van der Waals surface area contributed by atoms with Crippen LogP contribution in [0.4, 0.5) is 5.95 Å². The molecule has 0 saturated carbocycles. The monoisotopic (exact) mass is 317 g/mol. The maximum atomic E-state index is 4.55. The van der Waals surface area contributed by atoms with Gasteiger partial charge in [-0.25, -0.2) is 19.9 Å². The number of anilines is 1. The van der Waals surface area contributed by atoms with E-state index in [1.165, 1.54) is 16.6 Å². The number of aromatic nitrogens is 4. The van der Waals surface area contributed by atoms with Crippen molar-refractivity contribution in [2.24, 2.45) is 0 Å². The van der Waals surface area contributed by atoms with Gasteiger partial charge in [0.1, 0.15) is 9.86 Å². The number of hydrogen-bond acceptors (Lipinski definition) is 7. The van der Waals surface area contributed by atoms with Gasteiger partial charge in [0.05, 0.1) is 0 Å². The molecule has 3 aromatic rings. The summed E-state index contributed by atoms with van der Waals surface area (Å²) in [6.07, 6.45) is 4.64. The lowest BCUT2D eigenvalue weighted by atomic mass is 10.3. The van der Waals surface area contributed by atoms with Crippen molar-refractivity contribution in [3.05, 3.63) is 28.9 Å². The summed E-state index contributed by atoms with van der Waals surface area (Å²) in [7, 11) is 1.83. The number of aryl methyl sites for hydroxylation is 2. The Hall–Kier alpha value is -1.73. The minimum Gasteiger partial charge on any atom is -0.357 e. The second kappa shape index (κ2) is 5.95. The predicted molar refractivity (Wildman–Crippen MR) is 87.2 cm³/mol. The molecule has 0 amide bonds. The number of nitrogens with zero attached hydrogens (tertiary/aromatic N) is 4. The first-order valence-corrected chi connectivity index (χ1v) is 8.27. The molecule has 0 saturated heterocycles. The molecular weight excluding hydrogens is 302 g/mol. The first-order valence-electron chi connectivity index (χ1n) is 6.64. The van der Waals surface area contributed by atoms with E-state index in [4.69, 9.17) is 0 Å². The van der Waals surface area contributed by atoms with Gasteiger partial charge in [-0.3, -0.25) is 0 Å². The fourth-order valence-corrected chi connectivity index (χ4v) is 3.64. The van der Waals surface area contributed by atoms with Crippen molar-refractivity contribution in [1.82, 2.24) is 19.9 Å². The van der Waals surface area contributed by atoms with E-state index in [1.54, 1.807) is 11.3 Å². The summed E-state index contributed by atoms with van der Waals surface area (Å²) >= 11 is 3.18. The molecule has 3 rings (SSSR count). The van der Waals surface area contributed by atoms with Crippen molar-refractivity contribution < 1.29 is 0 Å². The number of rotatable bonds is 4. The summed E-state index contributed by atoms with van der Waals surface area (Å²) in [5.41, 5.74) is 1.05. The third-order valence-corrected chi connectivity index (χ3v) is 5.00. The lowest BCUT2D eigenvalue weighted by Gasteiger charge is -2.04. The van der Waals surface area contributed by atoms with Crippen LogP contribution in [0.3, 0.4) is 0 Å². The van der Waals surface area contributed by atoms with Crippen LogP contribution in [-0.2, 0) is 6.42 Å². The first-order chi connectivity index (χ1) is 10.2. The Morgan fingerprint density at radius 1 is 1.24 bits per heavy atom. The van der Waals surface area contributed by atoms with Crippen LogP contribution in [0.15, 0.2) is 28.6 Å². The molecule has 0 aliphatic rings. The van der Waals surface area contributed by atoms with Gasteiger partial charge < -0.3 is 5.32 Å². The van der Waals surface area contributed by atoms with Crippen LogP contribution in [0, 0.1) is 6.92 Å². The minimum atomic E-state index is 0.626. The number of nitrogens with one attached hydrogen (secondary N) is 1. The highest BCUT2D eigenvalue weighted by molar-refractivity contribution is 7.99. The van der Waals surface area contributed by atoms with Gasteiger partial charge in [0, 0.05) is 29.7 Å². The fourth-order valence-electron chi connectivity index (χ4n) is 1.83. The molecule has 0 aliphatic heterocycles. The second-order valence-corrected chi connectivity index (χ2v) is 6.60. The lowest BCUT2D eigenvalue weighted by molar-refractivity contribution is 0.945. The highest BCUT2D eigenvalue weighted by atomic mass is 32.2. The van der Waals surface area contributed by atoms with Gasteiger partial charge in [-0.15, -0.1) is 11.3 Å². The molecular formula is C14H15N5S2. The van der Waals surface area contributed by atoms with E-state index in [2.05, 4.69) is 38.2 Å². The van der Waals surface area contributed by atoms with E-state index in [0.29, 0.717) is 11.1 Å². The van der Waals surface area contributed by atoms with Gasteiger partial charge >= 0.3 is 0 Å². The number of fused-ring (bicyclic) bond motifs is 1. The molecule has 0 spiro atoms. The normalized spacial score (nSPS) is 11.0. The molecule has 1 N–H and O–H groups in total. The lowest BCUT2D eigenvalue weighted by Crippen LogP contribution is -1.97. The van der Waals surface area contributed by atoms with Crippen molar-refractivity contribution in [2.45, 2.75) is 30.5 Å². The molecule has 0 bridgehead atoms. The van der Waals surface area contributed by atoms with Crippen LogP contribution in [-0.4, -0.2) is 27.0 Å². The average Bonchev–Trinajstić information content (AvgIpc) is 2.92. The Morgan fingerprint density at radius 3 is 2.67 bits per heavy atom. The molecule has 5 nitrogen and oxygen atoms in total. The topological polar surface area (TPSA) is 63.6 Å². The van der Waals surface area contributed by atoms with E-state index in [0.717, 1.165) is 27.2 Å². The van der Waals surface area contributed by atoms with Gasteiger partial charge in [0.15, 0.2) is 5.16 Å². The van der Waals surface area contributed by atoms with Gasteiger partial charge in [-0.2, -0.15) is 0 Å². The highest BCUT2D eigenvalue weighted by Gasteiger charge is 2.13. The third-order valence-electron chi connectivity index (χ3n) is 2.93. The summed E-state index contributed by atoms with van der Waals surface area (Å²) in [5, 5.41) is 5.68. The van der Waals surface area contributed by atoms with Gasteiger partial charge in [-0.1, -0.05) is 6.92 Å². The van der Waals surface area contributed by atoms with Crippen LogP contribution in [0.1, 0.15) is 17.4 Å². The summed E-state index contributed by atoms with van der Waals surface area (Å²) in [4.78, 5) is 20.1. The van der Waals surface area contributed by atoms with Crippen LogP contribution < -0.4 is 5.32 Å². The van der Waals surface area contributed by atoms with E-state index in [9.17, 15) is 0 Å². The van der Waals surface area contributed by atoms with Crippen molar-refractivity contribution in [3.8, 4) is 0 Å². The molecule has 3 aromatic heterocycles. The minimum absolute atomic E-state index is 0.626. The third kappa shape index (κ3) is 2.98. The quantitative estimate of drug-likeness (QED) is 0.586. The smallest absolute Gasteiger partial charge is 0.224 e. The van der Waals surface area contributed by atoms with E-state index in [1.807, 2.05) is 26.4 Å². The maximum Gasteiger partial charge on any atom is 0.224 e. The molecule has 0 aliphatic carbocycles. The molecule has 0 fully saturated rings. The number of hydrogen-bond donors (Lipinski definition) is 1. The van der Waals surface area contributed by atoms with Crippen LogP contribution >= 0.6 is 23.1 Å². The summed E-state index contributed by atoms with van der Waals surface area (Å²) < 4.78 is 0. The standard InChI is InChI=1S/C14H15N5S2/c1-4-9-5-10-11(20-9)18-13(15-3)19-12(10)21-14-16-6-8(2)7-17-14/h5-7H,4H2,1-3H3,(H,15,18,19). The average molecular weight is 317 g/mol. The zero-order valence-corrected chi connectivity index (χ0v) is 13.7. The van der Waals surface area contributed by atoms with E-state index >= 15 is 0 Å². The summed E-state index contributed by atoms with van der Waals surface area (Å²) in [5.74, 6) is 0.626. The SMILES string of the molecule is CCc1cc2c(Sc3ncc(C)cn3)nc(NC)nc2s1. The van der Waals surface area contributed by atoms with Crippen LogP contribution in [0.5, 0.6) is 0 Å². The highest BCUT2D eigenvalue weighted by Crippen LogP contribution is 2.34. The van der Waals surface area contributed by atoms with Gasteiger partial charge in [-0.05, 0) is 36.7 Å². The van der Waals surface area contributed by atoms with Crippen molar-refractivity contribution in [1.29, 1.82) is 0 Å². The molecule has 0 unspecified atom stereocenters. The van der Waals surface area contributed by atoms with Gasteiger partial charge in [0.25, 0.3) is 0 Å².